The summed E-state index contributed by atoms with van der Waals surface area (Å²) in [7, 11) is 1.27. The van der Waals surface area contributed by atoms with Gasteiger partial charge in [-0.25, -0.2) is 4.99 Å². The maximum Gasteiger partial charge on any atom is 0.247 e. The summed E-state index contributed by atoms with van der Waals surface area (Å²) in [5, 5.41) is 10.4. The molecule has 45 heavy (non-hydrogen) atoms. The second kappa shape index (κ2) is 15.1. The van der Waals surface area contributed by atoms with E-state index in [2.05, 4.69) is 55.8 Å². The van der Waals surface area contributed by atoms with E-state index in [4.69, 9.17) is 16.3 Å². The molecule has 2 aliphatic heterocycles. The second-order valence-corrected chi connectivity index (χ2v) is 15.4. The summed E-state index contributed by atoms with van der Waals surface area (Å²) >= 11 is 6.52. The van der Waals surface area contributed by atoms with Gasteiger partial charge in [-0.2, -0.15) is 0 Å². The van der Waals surface area contributed by atoms with E-state index in [0.717, 1.165) is 56.7 Å². The highest BCUT2D eigenvalue weighted by Crippen LogP contribution is 2.40. The third-order valence-corrected chi connectivity index (χ3v) is 9.94. The molecule has 0 radical (unpaired) electrons. The zero-order valence-corrected chi connectivity index (χ0v) is 28.5. The molecular weight excluding hydrogens is 609 g/mol. The highest BCUT2D eigenvalue weighted by atomic mass is 35.5. The first-order valence-electron chi connectivity index (χ1n) is 15.0. The Morgan fingerprint density at radius 3 is 2.44 bits per heavy atom. The largest absolute Gasteiger partial charge is 0.494 e. The van der Waals surface area contributed by atoms with Crippen molar-refractivity contribution in [1.29, 1.82) is 0 Å². The first-order valence-corrected chi connectivity index (χ1v) is 18.0. The van der Waals surface area contributed by atoms with Crippen LogP contribution in [-0.4, -0.2) is 94.3 Å². The van der Waals surface area contributed by atoms with Crippen LogP contribution in [0.25, 0.3) is 0 Å². The van der Waals surface area contributed by atoms with Crippen molar-refractivity contribution in [2.75, 3.05) is 87.6 Å². The first-order chi connectivity index (χ1) is 21.4. The van der Waals surface area contributed by atoms with E-state index < -0.39 is 7.14 Å². The van der Waals surface area contributed by atoms with E-state index in [1.54, 1.807) is 27.4 Å². The molecule has 0 saturated carbocycles. The third kappa shape index (κ3) is 9.01. The third-order valence-electron chi connectivity index (χ3n) is 8.06. The zero-order valence-electron chi connectivity index (χ0n) is 26.9. The average Bonchev–Trinajstić information content (AvgIpc) is 3.50. The van der Waals surface area contributed by atoms with Crippen LogP contribution in [0.1, 0.15) is 13.3 Å². The zero-order chi connectivity index (χ0) is 32.7. The number of hydrogen-bond donors (Lipinski definition) is 3. The molecule has 1 amide bonds. The number of likely N-dealkylation sites (N-methyl/N-ethyl adjacent to an activating group) is 1. The Morgan fingerprint density at radius 1 is 1.07 bits per heavy atom. The van der Waals surface area contributed by atoms with Gasteiger partial charge >= 0.3 is 0 Å². The molecule has 0 spiro atoms. The number of methoxy groups -OCH3 is 1. The number of nitrogens with one attached hydrogen (secondary N) is 3. The van der Waals surface area contributed by atoms with Crippen molar-refractivity contribution in [2.24, 2.45) is 4.99 Å². The van der Waals surface area contributed by atoms with E-state index >= 15 is 0 Å². The molecule has 2 aromatic rings. The quantitative estimate of drug-likeness (QED) is 0.0971. The highest BCUT2D eigenvalue weighted by molar-refractivity contribution is 7.70. The van der Waals surface area contributed by atoms with Gasteiger partial charge in [-0.3, -0.25) is 9.69 Å². The van der Waals surface area contributed by atoms with Crippen LogP contribution in [0.4, 0.5) is 22.7 Å². The van der Waals surface area contributed by atoms with Gasteiger partial charge in [-0.1, -0.05) is 36.9 Å². The highest BCUT2D eigenvalue weighted by Gasteiger charge is 2.31. The summed E-state index contributed by atoms with van der Waals surface area (Å²) in [5.41, 5.74) is 3.30. The van der Waals surface area contributed by atoms with E-state index in [0.29, 0.717) is 40.4 Å². The lowest BCUT2D eigenvalue weighted by Gasteiger charge is -2.36. The van der Waals surface area contributed by atoms with E-state index in [1.165, 1.54) is 12.3 Å². The minimum absolute atomic E-state index is 0.290. The number of hydrogen-bond acceptors (Lipinski definition) is 8. The number of carbonyl (C=O) groups is 1. The summed E-state index contributed by atoms with van der Waals surface area (Å²) in [6.45, 7) is 18.9. The Bertz CT molecular complexity index is 1530. The molecule has 10 nitrogen and oxygen atoms in total. The Hall–Kier alpha value is -3.56. The molecule has 2 fully saturated rings. The number of para-hydroxylation sites is 1. The minimum atomic E-state index is -2.51. The molecule has 1 atom stereocenters. The maximum atomic E-state index is 12.7. The lowest BCUT2D eigenvalue weighted by molar-refractivity contribution is -0.111. The summed E-state index contributed by atoms with van der Waals surface area (Å²) in [4.78, 5) is 24.2. The van der Waals surface area contributed by atoms with Crippen LogP contribution in [0.2, 0.25) is 0 Å². The molecule has 3 N–H and O–H groups in total. The Balaban J connectivity index is 1.52. The number of amides is 1. The molecule has 0 aliphatic carbocycles. The number of ether oxygens (including phenoxy) is 1. The molecule has 2 saturated heterocycles. The van der Waals surface area contributed by atoms with Crippen LogP contribution in [-0.2, 0) is 9.36 Å². The van der Waals surface area contributed by atoms with Gasteiger partial charge in [0.25, 0.3) is 0 Å². The number of benzene rings is 2. The number of aliphatic imine (C=N–C) groups is 1. The Labute approximate surface area is 272 Å². The van der Waals surface area contributed by atoms with E-state index in [-0.39, 0.29) is 10.9 Å². The molecule has 0 bridgehead atoms. The fourth-order valence-corrected chi connectivity index (χ4v) is 6.81. The van der Waals surface area contributed by atoms with Gasteiger partial charge < -0.3 is 35.1 Å². The monoisotopic (exact) mass is 653 g/mol. The van der Waals surface area contributed by atoms with Crippen molar-refractivity contribution in [3.8, 4) is 5.75 Å². The van der Waals surface area contributed by atoms with Crippen molar-refractivity contribution in [2.45, 2.75) is 19.4 Å². The molecule has 1 unspecified atom stereocenters. The summed E-state index contributed by atoms with van der Waals surface area (Å²) in [6.07, 6.45) is 3.81. The predicted octanol–water partition coefficient (Wildman–Crippen LogP) is 5.43. The Morgan fingerprint density at radius 2 is 1.78 bits per heavy atom. The fourth-order valence-electron chi connectivity index (χ4n) is 5.56. The predicted molar refractivity (Wildman–Crippen MR) is 190 cm³/mol. The van der Waals surface area contributed by atoms with Crippen LogP contribution >= 0.6 is 18.7 Å². The summed E-state index contributed by atoms with van der Waals surface area (Å²) in [6, 6.07) is 11.7. The number of rotatable bonds is 11. The lowest BCUT2D eigenvalue weighted by Crippen LogP contribution is -2.49. The lowest BCUT2D eigenvalue weighted by atomic mass is 10.2. The van der Waals surface area contributed by atoms with Crippen LogP contribution in [0.5, 0.6) is 5.75 Å². The molecule has 4 rings (SSSR count). The average molecular weight is 654 g/mol. The van der Waals surface area contributed by atoms with Crippen molar-refractivity contribution in [3.05, 3.63) is 72.6 Å². The normalized spacial score (nSPS) is 18.4. The molecule has 2 aliphatic rings. The van der Waals surface area contributed by atoms with Crippen LogP contribution < -0.4 is 30.9 Å². The van der Waals surface area contributed by atoms with Gasteiger partial charge in [0.2, 0.25) is 5.91 Å². The molecule has 0 aromatic heterocycles. The number of piperazine rings is 1. The molecular formula is C33H45ClN7O3P. The molecule has 242 valence electrons. The standard InChI is InChI=1S/C33H45ClN7O3P/c1-8-33(42)38-28-19-29(31(44-5)20-30(28)41-14-13-25(22-41)40-17-15-39(4)16-18-40)37-24(3)35-21-26(34)23(2)36-27-11-9-10-12-32(27)45(6,7)43/h8-12,19-21,25,36H,1-2,13-18,22H2,3-7H3,(H,35,37)(H,38,42)/b26-21+. The van der Waals surface area contributed by atoms with Gasteiger partial charge in [0.05, 0.1) is 34.9 Å². The summed E-state index contributed by atoms with van der Waals surface area (Å²) < 4.78 is 18.5. The smallest absolute Gasteiger partial charge is 0.247 e. The molecule has 2 aromatic carbocycles. The summed E-state index contributed by atoms with van der Waals surface area (Å²) in [5.74, 6) is 0.856. The minimum Gasteiger partial charge on any atom is -0.494 e. The van der Waals surface area contributed by atoms with Gasteiger partial charge in [0.15, 0.2) is 0 Å². The van der Waals surface area contributed by atoms with E-state index in [9.17, 15) is 9.36 Å². The Kier molecular flexibility index (Phi) is 11.6. The number of nitrogens with zero attached hydrogens (tertiary/aromatic N) is 4. The fraction of sp³-hybridized carbons (Fsp3) is 0.394. The number of carbonyl (C=O) groups excluding carboxylic acids is 1. The van der Waals surface area contributed by atoms with Crippen molar-refractivity contribution in [1.82, 2.24) is 9.80 Å². The number of allylic oxidation sites excluding steroid dienone is 1. The number of amidine groups is 1. The number of anilines is 4. The van der Waals surface area contributed by atoms with Crippen molar-refractivity contribution >= 4 is 58.5 Å². The van der Waals surface area contributed by atoms with Gasteiger partial charge in [0.1, 0.15) is 18.7 Å². The number of halogens is 1. The van der Waals surface area contributed by atoms with Crippen molar-refractivity contribution in [3.63, 3.8) is 0 Å². The van der Waals surface area contributed by atoms with Gasteiger partial charge in [-0.15, -0.1) is 0 Å². The van der Waals surface area contributed by atoms with Gasteiger partial charge in [-0.05, 0) is 58.0 Å². The van der Waals surface area contributed by atoms with E-state index in [1.807, 2.05) is 36.4 Å². The maximum absolute atomic E-state index is 12.7. The van der Waals surface area contributed by atoms with Gasteiger partial charge in [0, 0.05) is 68.6 Å². The second-order valence-electron chi connectivity index (χ2n) is 11.8. The van der Waals surface area contributed by atoms with Crippen LogP contribution in [0, 0.1) is 0 Å². The van der Waals surface area contributed by atoms with Crippen LogP contribution in [0.15, 0.2) is 77.6 Å². The van der Waals surface area contributed by atoms with Crippen molar-refractivity contribution < 1.29 is 14.1 Å². The molecule has 2 heterocycles. The first kappa shape index (κ1) is 34.3. The molecule has 12 heteroatoms. The van der Waals surface area contributed by atoms with Crippen LogP contribution in [0.3, 0.4) is 0 Å². The topological polar surface area (TPSA) is 102 Å². The SMILES string of the molecule is C=CC(=O)Nc1cc(NC(C)=N/C=C(/Cl)C(=C)Nc2ccccc2P(C)(C)=O)c(OC)cc1N1CCC(N2CCN(C)CC2)C1.